The van der Waals surface area contributed by atoms with Crippen LogP contribution < -0.4 is 4.90 Å². The Morgan fingerprint density at radius 2 is 2.16 bits per heavy atom. The Kier molecular flexibility index (Phi) is 3.26. The van der Waals surface area contributed by atoms with Gasteiger partial charge in [-0.25, -0.2) is 0 Å². The molecule has 0 aliphatic carbocycles. The fraction of sp³-hybridized carbons (Fsp3) is 0.389. The molecule has 3 aromatic rings. The van der Waals surface area contributed by atoms with E-state index in [9.17, 15) is 5.11 Å². The second-order valence-corrected chi connectivity index (χ2v) is 6.99. The highest BCUT2D eigenvalue weighted by Gasteiger charge is 2.50. The van der Waals surface area contributed by atoms with Crippen LogP contribution in [-0.4, -0.2) is 57.8 Å². The maximum atomic E-state index is 9.95. The minimum absolute atomic E-state index is 0.147. The maximum Gasteiger partial charge on any atom is 0.200 e. The summed E-state index contributed by atoms with van der Waals surface area (Å²) in [6.07, 6.45) is 1.63. The zero-order valence-electron chi connectivity index (χ0n) is 13.7. The highest BCUT2D eigenvalue weighted by atomic mass is 16.5. The van der Waals surface area contributed by atoms with Gasteiger partial charge in [0.1, 0.15) is 6.33 Å². The van der Waals surface area contributed by atoms with E-state index >= 15 is 0 Å². The summed E-state index contributed by atoms with van der Waals surface area (Å²) in [6, 6.07) is 12.2. The fourth-order valence-corrected chi connectivity index (χ4v) is 4.03. The van der Waals surface area contributed by atoms with Gasteiger partial charge in [0, 0.05) is 30.0 Å². The molecule has 2 aliphatic rings. The fourth-order valence-electron chi connectivity index (χ4n) is 4.03. The summed E-state index contributed by atoms with van der Waals surface area (Å²) in [6.45, 7) is 3.07. The van der Waals surface area contributed by atoms with E-state index in [1.165, 1.54) is 0 Å². The van der Waals surface area contributed by atoms with E-state index in [0.717, 1.165) is 35.7 Å². The van der Waals surface area contributed by atoms with Crippen molar-refractivity contribution in [1.29, 1.82) is 0 Å². The highest BCUT2D eigenvalue weighted by Crippen LogP contribution is 2.43. The Morgan fingerprint density at radius 1 is 1.28 bits per heavy atom. The molecule has 2 atom stereocenters. The number of aliphatic hydroxyl groups excluding tert-OH is 1. The van der Waals surface area contributed by atoms with Crippen molar-refractivity contribution in [3.63, 3.8) is 0 Å². The quantitative estimate of drug-likeness (QED) is 0.775. The number of rotatable bonds is 3. The minimum atomic E-state index is -0.173. The summed E-state index contributed by atoms with van der Waals surface area (Å²) >= 11 is 0. The van der Waals surface area contributed by atoms with Gasteiger partial charge in [-0.2, -0.15) is 9.61 Å². The van der Waals surface area contributed by atoms with E-state index in [4.69, 9.17) is 4.74 Å². The van der Waals surface area contributed by atoms with E-state index in [0.29, 0.717) is 19.1 Å². The molecule has 0 amide bonds. The lowest BCUT2D eigenvalue weighted by atomic mass is 9.82. The molecule has 0 bridgehead atoms. The second kappa shape index (κ2) is 5.50. The molecular weight excluding hydrogens is 318 g/mol. The molecule has 7 heteroatoms. The first kappa shape index (κ1) is 14.8. The topological polar surface area (TPSA) is 75.8 Å². The summed E-state index contributed by atoms with van der Waals surface area (Å²) in [7, 11) is 0. The van der Waals surface area contributed by atoms with Crippen molar-refractivity contribution in [2.24, 2.45) is 11.3 Å². The standard InChI is InChI=1S/C18H19N5O2/c24-10-18-9-22(7-14(18)8-25-11-18)16-6-15(13-4-2-1-3-5-13)21-23-12-19-20-17(16)23/h1-6,12,14,24H,7-11H2/t14-,18-/m0/s1. The van der Waals surface area contributed by atoms with Gasteiger partial charge in [-0.15, -0.1) is 10.2 Å². The molecular formula is C18H19N5O2. The van der Waals surface area contributed by atoms with E-state index < -0.39 is 0 Å². The lowest BCUT2D eigenvalue weighted by Gasteiger charge is -2.25. The molecule has 25 heavy (non-hydrogen) atoms. The van der Waals surface area contributed by atoms with Gasteiger partial charge in [0.25, 0.3) is 0 Å². The predicted molar refractivity (Wildman–Crippen MR) is 92.3 cm³/mol. The van der Waals surface area contributed by atoms with Gasteiger partial charge in [-0.3, -0.25) is 0 Å². The summed E-state index contributed by atoms with van der Waals surface area (Å²) in [5, 5.41) is 22.9. The third kappa shape index (κ3) is 2.23. The van der Waals surface area contributed by atoms with Crippen molar-refractivity contribution in [1.82, 2.24) is 19.8 Å². The normalized spacial score (nSPS) is 25.6. The van der Waals surface area contributed by atoms with Crippen molar-refractivity contribution >= 4 is 11.3 Å². The molecule has 5 rings (SSSR count). The SMILES string of the molecule is OC[C@@]12COC[C@@H]1CN(c1cc(-c3ccccc3)nn3cnnc13)C2. The van der Waals surface area contributed by atoms with Gasteiger partial charge in [-0.1, -0.05) is 30.3 Å². The Balaban J connectivity index is 1.60. The Labute approximate surface area is 144 Å². The molecule has 1 N–H and O–H groups in total. The first-order valence-corrected chi connectivity index (χ1v) is 8.49. The summed E-state index contributed by atoms with van der Waals surface area (Å²) in [5.74, 6) is 0.341. The molecule has 1 aromatic carbocycles. The average molecular weight is 337 g/mol. The van der Waals surface area contributed by atoms with Gasteiger partial charge in [-0.05, 0) is 6.07 Å². The van der Waals surface area contributed by atoms with Crippen LogP contribution in [0, 0.1) is 11.3 Å². The second-order valence-electron chi connectivity index (χ2n) is 6.99. The van der Waals surface area contributed by atoms with Crippen LogP contribution in [0.25, 0.3) is 16.9 Å². The van der Waals surface area contributed by atoms with Gasteiger partial charge >= 0.3 is 0 Å². The molecule has 4 heterocycles. The van der Waals surface area contributed by atoms with Gasteiger partial charge in [0.15, 0.2) is 0 Å². The third-order valence-corrected chi connectivity index (χ3v) is 5.49. The molecule has 0 unspecified atom stereocenters. The van der Waals surface area contributed by atoms with Crippen LogP contribution in [0.2, 0.25) is 0 Å². The van der Waals surface area contributed by atoms with E-state index in [1.807, 2.05) is 30.3 Å². The van der Waals surface area contributed by atoms with Crippen molar-refractivity contribution in [2.45, 2.75) is 0 Å². The number of hydrogen-bond acceptors (Lipinski definition) is 6. The lowest BCUT2D eigenvalue weighted by molar-refractivity contribution is 0.0990. The molecule has 7 nitrogen and oxygen atoms in total. The average Bonchev–Trinajstić information content (AvgIpc) is 3.35. The Morgan fingerprint density at radius 3 is 2.96 bits per heavy atom. The number of ether oxygens (including phenoxy) is 1. The van der Waals surface area contributed by atoms with E-state index in [-0.39, 0.29) is 12.0 Å². The van der Waals surface area contributed by atoms with Crippen LogP contribution in [0.5, 0.6) is 0 Å². The molecule has 2 aromatic heterocycles. The maximum absolute atomic E-state index is 9.95. The number of benzene rings is 1. The molecule has 0 radical (unpaired) electrons. The molecule has 0 saturated carbocycles. The molecule has 2 saturated heterocycles. The van der Waals surface area contributed by atoms with E-state index in [2.05, 4.69) is 26.3 Å². The number of aromatic nitrogens is 4. The summed E-state index contributed by atoms with van der Waals surface area (Å²) in [5.41, 5.74) is 3.52. The number of hydrogen-bond donors (Lipinski definition) is 1. The number of nitrogens with zero attached hydrogens (tertiary/aromatic N) is 5. The largest absolute Gasteiger partial charge is 0.396 e. The van der Waals surface area contributed by atoms with Crippen molar-refractivity contribution in [3.05, 3.63) is 42.7 Å². The summed E-state index contributed by atoms with van der Waals surface area (Å²) < 4.78 is 7.35. The van der Waals surface area contributed by atoms with Crippen molar-refractivity contribution < 1.29 is 9.84 Å². The zero-order valence-corrected chi connectivity index (χ0v) is 13.7. The first-order valence-electron chi connectivity index (χ1n) is 8.49. The molecule has 128 valence electrons. The van der Waals surface area contributed by atoms with Crippen LogP contribution in [0.3, 0.4) is 0 Å². The highest BCUT2D eigenvalue weighted by molar-refractivity contribution is 5.74. The van der Waals surface area contributed by atoms with Crippen molar-refractivity contribution in [2.75, 3.05) is 37.8 Å². The number of anilines is 1. The molecule has 2 aliphatic heterocycles. The Bertz CT molecular complexity index is 912. The molecule has 0 spiro atoms. The lowest BCUT2D eigenvalue weighted by Crippen LogP contribution is -2.34. The number of aliphatic hydroxyl groups is 1. The first-order chi connectivity index (χ1) is 12.3. The third-order valence-electron chi connectivity index (χ3n) is 5.49. The van der Waals surface area contributed by atoms with E-state index in [1.54, 1.807) is 10.8 Å². The van der Waals surface area contributed by atoms with Crippen LogP contribution in [0.1, 0.15) is 0 Å². The van der Waals surface area contributed by atoms with Gasteiger partial charge < -0.3 is 14.7 Å². The van der Waals surface area contributed by atoms with Crippen molar-refractivity contribution in [3.8, 4) is 11.3 Å². The van der Waals surface area contributed by atoms with Crippen LogP contribution >= 0.6 is 0 Å². The van der Waals surface area contributed by atoms with Crippen LogP contribution in [-0.2, 0) is 4.74 Å². The Hall–Kier alpha value is -2.51. The summed E-state index contributed by atoms with van der Waals surface area (Å²) in [4.78, 5) is 2.29. The molecule has 2 fully saturated rings. The van der Waals surface area contributed by atoms with Gasteiger partial charge in [0.05, 0.1) is 31.2 Å². The number of fused-ring (bicyclic) bond motifs is 2. The zero-order chi connectivity index (χ0) is 16.9. The minimum Gasteiger partial charge on any atom is -0.396 e. The van der Waals surface area contributed by atoms with Crippen LogP contribution in [0.15, 0.2) is 42.7 Å². The van der Waals surface area contributed by atoms with Crippen LogP contribution in [0.4, 0.5) is 5.69 Å². The van der Waals surface area contributed by atoms with Gasteiger partial charge in [0.2, 0.25) is 5.65 Å². The monoisotopic (exact) mass is 337 g/mol. The smallest absolute Gasteiger partial charge is 0.200 e. The predicted octanol–water partition coefficient (Wildman–Crippen LogP) is 1.24.